The van der Waals surface area contributed by atoms with Crippen LogP contribution in [0.2, 0.25) is 0 Å². The van der Waals surface area contributed by atoms with Crippen molar-refractivity contribution in [1.82, 2.24) is 5.32 Å². The molecule has 1 N–H and O–H groups in total. The summed E-state index contributed by atoms with van der Waals surface area (Å²) in [5.74, 6) is -0.533. The molecule has 6 nitrogen and oxygen atoms in total. The van der Waals surface area contributed by atoms with Gasteiger partial charge in [-0.15, -0.1) is 0 Å². The molecule has 0 bridgehead atoms. The molecule has 1 aromatic carbocycles. The van der Waals surface area contributed by atoms with Gasteiger partial charge in [0.15, 0.2) is 0 Å². The molecule has 0 saturated heterocycles. The number of carbonyl (C=O) groups is 1. The lowest BCUT2D eigenvalue weighted by Crippen LogP contribution is -2.37. The molecular formula is C16H26NO5P. The second-order valence-corrected chi connectivity index (χ2v) is 7.82. The smallest absolute Gasteiger partial charge is 0.408 e. The normalized spacial score (nSPS) is 15.0. The first-order valence-corrected chi connectivity index (χ1v) is 9.29. The highest BCUT2D eigenvalue weighted by Gasteiger charge is 2.36. The van der Waals surface area contributed by atoms with Gasteiger partial charge < -0.3 is 19.1 Å². The lowest BCUT2D eigenvalue weighted by atomic mass is 10.1. The molecule has 0 fully saturated rings. The van der Waals surface area contributed by atoms with Gasteiger partial charge in [0.25, 0.3) is 0 Å². The minimum atomic E-state index is -3.43. The zero-order chi connectivity index (χ0) is 17.3. The number of rotatable bonds is 9. The predicted molar refractivity (Wildman–Crippen MR) is 89.2 cm³/mol. The van der Waals surface area contributed by atoms with Crippen molar-refractivity contribution in [3.05, 3.63) is 35.9 Å². The third-order valence-corrected chi connectivity index (χ3v) is 5.37. The first-order chi connectivity index (χ1) is 10.9. The molecule has 130 valence electrons. The Kier molecular flexibility index (Phi) is 8.31. The van der Waals surface area contributed by atoms with E-state index in [2.05, 4.69) is 5.32 Å². The van der Waals surface area contributed by atoms with Crippen LogP contribution in [0.5, 0.6) is 0 Å². The van der Waals surface area contributed by atoms with Crippen molar-refractivity contribution < 1.29 is 23.1 Å². The first-order valence-electron chi connectivity index (χ1n) is 7.68. The van der Waals surface area contributed by atoms with Gasteiger partial charge in [-0.25, -0.2) is 4.79 Å². The fourth-order valence-electron chi connectivity index (χ4n) is 2.06. The number of carbonyl (C=O) groups excluding carboxylic acids is 1. The largest absolute Gasteiger partial charge is 0.445 e. The van der Waals surface area contributed by atoms with Gasteiger partial charge in [0, 0.05) is 7.11 Å². The zero-order valence-corrected chi connectivity index (χ0v) is 15.0. The van der Waals surface area contributed by atoms with Gasteiger partial charge in [-0.3, -0.25) is 4.57 Å². The zero-order valence-electron chi connectivity index (χ0n) is 14.2. The Morgan fingerprint density at radius 2 is 1.91 bits per heavy atom. The molecular weight excluding hydrogens is 317 g/mol. The van der Waals surface area contributed by atoms with Crippen LogP contribution in [-0.2, 0) is 25.0 Å². The Hall–Kier alpha value is -1.36. The third-order valence-electron chi connectivity index (χ3n) is 3.14. The second kappa shape index (κ2) is 9.71. The van der Waals surface area contributed by atoms with Crippen LogP contribution in [0, 0.1) is 5.92 Å². The Balaban J connectivity index is 2.68. The van der Waals surface area contributed by atoms with Crippen molar-refractivity contribution in [1.29, 1.82) is 0 Å². The van der Waals surface area contributed by atoms with Crippen molar-refractivity contribution in [2.75, 3.05) is 13.7 Å². The monoisotopic (exact) mass is 343 g/mol. The second-order valence-electron chi connectivity index (χ2n) is 5.49. The summed E-state index contributed by atoms with van der Waals surface area (Å²) >= 11 is 0. The Morgan fingerprint density at radius 1 is 1.26 bits per heavy atom. The highest BCUT2D eigenvalue weighted by Crippen LogP contribution is 2.53. The molecule has 0 spiro atoms. The molecule has 2 atom stereocenters. The van der Waals surface area contributed by atoms with Gasteiger partial charge in [-0.1, -0.05) is 44.2 Å². The van der Waals surface area contributed by atoms with Crippen LogP contribution in [0.3, 0.4) is 0 Å². The molecule has 0 aromatic heterocycles. The quantitative estimate of drug-likeness (QED) is 0.682. The molecule has 7 heteroatoms. The molecule has 0 aliphatic heterocycles. The van der Waals surface area contributed by atoms with E-state index in [1.807, 2.05) is 44.2 Å². The molecule has 0 aliphatic carbocycles. The molecule has 0 saturated carbocycles. The minimum Gasteiger partial charge on any atom is -0.445 e. The van der Waals surface area contributed by atoms with E-state index in [1.54, 1.807) is 6.92 Å². The molecule has 1 rings (SSSR count). The van der Waals surface area contributed by atoms with Crippen LogP contribution in [-0.4, -0.2) is 25.6 Å². The highest BCUT2D eigenvalue weighted by atomic mass is 31.2. The average molecular weight is 343 g/mol. The number of nitrogens with one attached hydrogen (secondary N) is 1. The molecule has 2 unspecified atom stereocenters. The number of benzene rings is 1. The SMILES string of the molecule is CCOP(=O)(OC)C(CC(C)C)NC(=O)OCc1ccccc1. The lowest BCUT2D eigenvalue weighted by molar-refractivity contribution is 0.134. The van der Waals surface area contributed by atoms with Gasteiger partial charge >= 0.3 is 13.7 Å². The number of hydrogen-bond donors (Lipinski definition) is 1. The summed E-state index contributed by atoms with van der Waals surface area (Å²) < 4.78 is 28.2. The Bertz CT molecular complexity index is 520. The number of hydrogen-bond acceptors (Lipinski definition) is 5. The summed E-state index contributed by atoms with van der Waals surface area (Å²) in [6, 6.07) is 9.34. The summed E-state index contributed by atoms with van der Waals surface area (Å²) in [6.45, 7) is 6.05. The fraction of sp³-hybridized carbons (Fsp3) is 0.562. The van der Waals surface area contributed by atoms with Crippen LogP contribution in [0.25, 0.3) is 0 Å². The van der Waals surface area contributed by atoms with Crippen LogP contribution in [0.4, 0.5) is 4.79 Å². The predicted octanol–water partition coefficient (Wildman–Crippen LogP) is 4.16. The maximum Gasteiger partial charge on any atom is 0.408 e. The van der Waals surface area contributed by atoms with Crippen LogP contribution in [0.1, 0.15) is 32.8 Å². The minimum absolute atomic E-state index is 0.146. The standard InChI is InChI=1S/C16H26NO5P/c1-5-22-23(19,20-4)15(11-13(2)3)17-16(18)21-12-14-9-7-6-8-10-14/h6-10,13,15H,5,11-12H2,1-4H3,(H,17,18). The summed E-state index contributed by atoms with van der Waals surface area (Å²) in [7, 11) is -2.11. The van der Waals surface area contributed by atoms with E-state index in [0.717, 1.165) is 5.56 Å². The molecule has 1 aromatic rings. The van der Waals surface area contributed by atoms with E-state index < -0.39 is 19.5 Å². The summed E-state index contributed by atoms with van der Waals surface area (Å²) in [4.78, 5) is 12.0. The van der Waals surface area contributed by atoms with Crippen LogP contribution < -0.4 is 5.32 Å². The molecule has 0 radical (unpaired) electrons. The Morgan fingerprint density at radius 3 is 2.43 bits per heavy atom. The van der Waals surface area contributed by atoms with Crippen molar-refractivity contribution in [3.63, 3.8) is 0 Å². The van der Waals surface area contributed by atoms with E-state index in [0.29, 0.717) is 6.42 Å². The van der Waals surface area contributed by atoms with Gasteiger partial charge in [0.2, 0.25) is 0 Å². The maximum atomic E-state index is 12.7. The number of amides is 1. The number of alkyl carbamates (subject to hydrolysis) is 1. The van der Waals surface area contributed by atoms with Crippen LogP contribution >= 0.6 is 7.60 Å². The average Bonchev–Trinajstić information content (AvgIpc) is 2.53. The Labute approximate surface area is 138 Å². The molecule has 0 heterocycles. The van der Waals surface area contributed by atoms with Gasteiger partial charge in [0.1, 0.15) is 12.4 Å². The highest BCUT2D eigenvalue weighted by molar-refractivity contribution is 7.54. The van der Waals surface area contributed by atoms with E-state index in [9.17, 15) is 9.36 Å². The summed E-state index contributed by atoms with van der Waals surface area (Å²) in [5.41, 5.74) is 0.878. The fourth-order valence-corrected chi connectivity index (χ4v) is 3.91. The van der Waals surface area contributed by atoms with E-state index in [-0.39, 0.29) is 19.1 Å². The third kappa shape index (κ3) is 6.73. The van der Waals surface area contributed by atoms with Crippen LogP contribution in [0.15, 0.2) is 30.3 Å². The van der Waals surface area contributed by atoms with Crippen molar-refractivity contribution in [2.45, 2.75) is 39.6 Å². The van der Waals surface area contributed by atoms with E-state index in [4.69, 9.17) is 13.8 Å². The van der Waals surface area contributed by atoms with Crippen molar-refractivity contribution in [2.24, 2.45) is 5.92 Å². The van der Waals surface area contributed by atoms with E-state index >= 15 is 0 Å². The topological polar surface area (TPSA) is 73.9 Å². The summed E-state index contributed by atoms with van der Waals surface area (Å²) in [5, 5.41) is 2.62. The lowest BCUT2D eigenvalue weighted by Gasteiger charge is -2.27. The van der Waals surface area contributed by atoms with E-state index in [1.165, 1.54) is 7.11 Å². The summed E-state index contributed by atoms with van der Waals surface area (Å²) in [6.07, 6.45) is -0.178. The van der Waals surface area contributed by atoms with Crippen molar-refractivity contribution >= 4 is 13.7 Å². The van der Waals surface area contributed by atoms with Gasteiger partial charge in [-0.2, -0.15) is 0 Å². The van der Waals surface area contributed by atoms with Gasteiger partial charge in [-0.05, 0) is 24.8 Å². The number of ether oxygens (including phenoxy) is 1. The maximum absolute atomic E-state index is 12.7. The molecule has 1 amide bonds. The molecule has 0 aliphatic rings. The van der Waals surface area contributed by atoms with Gasteiger partial charge in [0.05, 0.1) is 6.61 Å². The molecule has 23 heavy (non-hydrogen) atoms. The van der Waals surface area contributed by atoms with Crippen molar-refractivity contribution in [3.8, 4) is 0 Å². The first kappa shape index (κ1) is 19.7.